The largest absolute Gasteiger partial charge is 0.496 e. The van der Waals surface area contributed by atoms with E-state index in [0.717, 1.165) is 25.0 Å². The average molecular weight is 237 g/mol. The molecule has 0 spiro atoms. The summed E-state index contributed by atoms with van der Waals surface area (Å²) in [7, 11) is 1.70. The zero-order valence-corrected chi connectivity index (χ0v) is 11.0. The maximum atomic E-state index is 5.48. The Kier molecular flexibility index (Phi) is 4.74. The molecule has 0 fully saturated rings. The molecule has 0 unspecified atom stereocenters. The lowest BCUT2D eigenvalue weighted by Crippen LogP contribution is -2.07. The second kappa shape index (κ2) is 5.85. The van der Waals surface area contributed by atoms with Gasteiger partial charge in [0, 0.05) is 0 Å². The van der Waals surface area contributed by atoms with Crippen LogP contribution in [0.5, 0.6) is 5.75 Å². The maximum absolute atomic E-state index is 5.48. The minimum absolute atomic E-state index is 0.600. The molecule has 0 heterocycles. The first-order valence-electron chi connectivity index (χ1n) is 5.47. The summed E-state index contributed by atoms with van der Waals surface area (Å²) < 4.78 is 5.28. The van der Waals surface area contributed by atoms with Crippen molar-refractivity contribution in [2.45, 2.75) is 33.1 Å². The Hall–Kier alpha value is -1.09. The highest BCUT2D eigenvalue weighted by atomic mass is 32.1. The first-order chi connectivity index (χ1) is 7.56. The van der Waals surface area contributed by atoms with Crippen molar-refractivity contribution < 1.29 is 4.74 Å². The molecule has 0 aromatic heterocycles. The van der Waals surface area contributed by atoms with E-state index in [9.17, 15) is 0 Å². The van der Waals surface area contributed by atoms with E-state index >= 15 is 0 Å². The van der Waals surface area contributed by atoms with E-state index in [4.69, 9.17) is 22.7 Å². The Labute approximate surface area is 103 Å². The summed E-state index contributed by atoms with van der Waals surface area (Å²) in [4.78, 5) is 0.600. The molecular formula is C13H19NOS. The molecular weight excluding hydrogens is 218 g/mol. The fraction of sp³-hybridized carbons (Fsp3) is 0.462. The highest BCUT2D eigenvalue weighted by Crippen LogP contribution is 2.24. The Morgan fingerprint density at radius 3 is 2.56 bits per heavy atom. The van der Waals surface area contributed by atoms with Gasteiger partial charge in [-0.1, -0.05) is 18.3 Å². The van der Waals surface area contributed by atoms with Gasteiger partial charge in [-0.2, -0.15) is 0 Å². The molecule has 0 bridgehead atoms. The number of methoxy groups -OCH3 is 1. The molecule has 3 heteroatoms. The number of rotatable bonds is 5. The lowest BCUT2D eigenvalue weighted by molar-refractivity contribution is 0.411. The Morgan fingerprint density at radius 2 is 2.00 bits per heavy atom. The Morgan fingerprint density at radius 1 is 1.31 bits per heavy atom. The lowest BCUT2D eigenvalue weighted by atomic mass is 9.98. The molecule has 1 rings (SSSR count). The minimum Gasteiger partial charge on any atom is -0.496 e. The van der Waals surface area contributed by atoms with E-state index in [1.165, 1.54) is 16.7 Å². The van der Waals surface area contributed by atoms with Crippen LogP contribution in [0.25, 0.3) is 0 Å². The molecule has 88 valence electrons. The number of thiocarbonyl (C=S) groups is 1. The fourth-order valence-electron chi connectivity index (χ4n) is 1.80. The van der Waals surface area contributed by atoms with Crippen LogP contribution < -0.4 is 10.5 Å². The van der Waals surface area contributed by atoms with Gasteiger partial charge in [0.05, 0.1) is 12.1 Å². The van der Waals surface area contributed by atoms with Crippen molar-refractivity contribution in [1.82, 2.24) is 0 Å². The summed E-state index contributed by atoms with van der Waals surface area (Å²) in [5, 5.41) is 0. The number of ether oxygens (including phenoxy) is 1. The first-order valence-corrected chi connectivity index (χ1v) is 5.88. The van der Waals surface area contributed by atoms with Gasteiger partial charge >= 0.3 is 0 Å². The normalized spacial score (nSPS) is 10.2. The summed E-state index contributed by atoms with van der Waals surface area (Å²) in [6, 6.07) is 4.15. The molecule has 0 radical (unpaired) electrons. The molecule has 1 aromatic carbocycles. The van der Waals surface area contributed by atoms with Gasteiger partial charge in [0.1, 0.15) is 5.75 Å². The second-order valence-electron chi connectivity index (χ2n) is 4.00. The van der Waals surface area contributed by atoms with E-state index in [2.05, 4.69) is 19.9 Å². The van der Waals surface area contributed by atoms with Crippen LogP contribution in [0.4, 0.5) is 0 Å². The van der Waals surface area contributed by atoms with Gasteiger partial charge in [-0.15, -0.1) is 0 Å². The fourth-order valence-corrected chi connectivity index (χ4v) is 1.94. The maximum Gasteiger partial charge on any atom is 0.122 e. The lowest BCUT2D eigenvalue weighted by Gasteiger charge is -2.12. The van der Waals surface area contributed by atoms with Gasteiger partial charge in [0.15, 0.2) is 0 Å². The summed E-state index contributed by atoms with van der Waals surface area (Å²) in [6.07, 6.45) is 2.86. The van der Waals surface area contributed by atoms with Crippen molar-refractivity contribution >= 4 is 17.2 Å². The summed E-state index contributed by atoms with van der Waals surface area (Å²) in [6.45, 7) is 4.22. The highest BCUT2D eigenvalue weighted by molar-refractivity contribution is 7.80. The quantitative estimate of drug-likeness (QED) is 0.800. The number of nitrogens with two attached hydrogens (primary N) is 1. The first kappa shape index (κ1) is 13.0. The van der Waals surface area contributed by atoms with Crippen LogP contribution in [-0.4, -0.2) is 12.1 Å². The van der Waals surface area contributed by atoms with Gasteiger partial charge in [-0.25, -0.2) is 0 Å². The van der Waals surface area contributed by atoms with Crippen LogP contribution in [0.2, 0.25) is 0 Å². The van der Waals surface area contributed by atoms with Crippen LogP contribution >= 0.6 is 12.2 Å². The summed E-state index contributed by atoms with van der Waals surface area (Å²) in [5.74, 6) is 0.954. The third-order valence-corrected chi connectivity index (χ3v) is 3.14. The van der Waals surface area contributed by atoms with Crippen LogP contribution in [0, 0.1) is 13.8 Å². The zero-order chi connectivity index (χ0) is 12.1. The molecule has 16 heavy (non-hydrogen) atoms. The molecule has 0 saturated carbocycles. The van der Waals surface area contributed by atoms with Crippen molar-refractivity contribution in [3.05, 3.63) is 28.8 Å². The molecule has 0 atom stereocenters. The van der Waals surface area contributed by atoms with Crippen molar-refractivity contribution in [2.75, 3.05) is 7.11 Å². The smallest absolute Gasteiger partial charge is 0.122 e. The van der Waals surface area contributed by atoms with Crippen molar-refractivity contribution in [1.29, 1.82) is 0 Å². The number of hydrogen-bond acceptors (Lipinski definition) is 2. The van der Waals surface area contributed by atoms with E-state index in [0.29, 0.717) is 4.99 Å². The number of hydrogen-bond donors (Lipinski definition) is 1. The van der Waals surface area contributed by atoms with Gasteiger partial charge in [-0.05, 0) is 55.9 Å². The van der Waals surface area contributed by atoms with E-state index in [1.54, 1.807) is 7.11 Å². The van der Waals surface area contributed by atoms with Crippen LogP contribution in [0.15, 0.2) is 12.1 Å². The van der Waals surface area contributed by atoms with Crippen molar-refractivity contribution in [3.8, 4) is 5.75 Å². The predicted octanol–water partition coefficient (Wildman–Crippen LogP) is 2.92. The van der Waals surface area contributed by atoms with Gasteiger partial charge < -0.3 is 10.5 Å². The Bertz CT molecular complexity index is 388. The van der Waals surface area contributed by atoms with Crippen molar-refractivity contribution in [2.24, 2.45) is 5.73 Å². The van der Waals surface area contributed by atoms with Crippen LogP contribution in [0.3, 0.4) is 0 Å². The van der Waals surface area contributed by atoms with Gasteiger partial charge in [0.25, 0.3) is 0 Å². The molecule has 2 nitrogen and oxygen atoms in total. The zero-order valence-electron chi connectivity index (χ0n) is 10.2. The molecule has 0 aliphatic carbocycles. The van der Waals surface area contributed by atoms with Crippen LogP contribution in [0.1, 0.15) is 29.5 Å². The molecule has 1 aromatic rings. The molecule has 0 aliphatic rings. The molecule has 2 N–H and O–H groups in total. The van der Waals surface area contributed by atoms with Gasteiger partial charge in [0.2, 0.25) is 0 Å². The monoisotopic (exact) mass is 237 g/mol. The Balaban J connectivity index is 2.74. The summed E-state index contributed by atoms with van der Waals surface area (Å²) in [5.41, 5.74) is 9.36. The van der Waals surface area contributed by atoms with Gasteiger partial charge in [-0.3, -0.25) is 0 Å². The topological polar surface area (TPSA) is 35.2 Å². The summed E-state index contributed by atoms with van der Waals surface area (Å²) >= 11 is 4.87. The number of aryl methyl sites for hydroxylation is 1. The molecule has 0 amide bonds. The number of benzene rings is 1. The molecule has 0 aliphatic heterocycles. The minimum atomic E-state index is 0.600. The second-order valence-corrected chi connectivity index (χ2v) is 4.52. The van der Waals surface area contributed by atoms with E-state index < -0.39 is 0 Å². The third kappa shape index (κ3) is 3.20. The average Bonchev–Trinajstić information content (AvgIpc) is 2.24. The third-order valence-electron chi connectivity index (χ3n) is 2.94. The van der Waals surface area contributed by atoms with E-state index in [-0.39, 0.29) is 0 Å². The highest BCUT2D eigenvalue weighted by Gasteiger charge is 2.06. The predicted molar refractivity (Wildman–Crippen MR) is 72.2 cm³/mol. The molecule has 0 saturated heterocycles. The SMILES string of the molecule is COc1ccc(CCCC(N)=S)c(C)c1C. The van der Waals surface area contributed by atoms with Crippen molar-refractivity contribution in [3.63, 3.8) is 0 Å². The standard InChI is InChI=1S/C13H19NOS/c1-9-10(2)12(15-3)8-7-11(9)5-4-6-13(14)16/h7-8H,4-6H2,1-3H3,(H2,14,16). The van der Waals surface area contributed by atoms with Crippen LogP contribution in [-0.2, 0) is 6.42 Å². The van der Waals surface area contributed by atoms with E-state index in [1.807, 2.05) is 6.07 Å².